The second-order valence-electron chi connectivity index (χ2n) is 6.46. The molecule has 1 fully saturated rings. The van der Waals surface area contributed by atoms with Crippen molar-refractivity contribution in [1.29, 1.82) is 0 Å². The zero-order chi connectivity index (χ0) is 16.1. The SMILES string of the molecule is O=C(c1cc2ccccc2[nH]1)N1CCc2[nH]nc(C3CCO3)c2C1. The lowest BCUT2D eigenvalue weighted by Gasteiger charge is -2.30. The van der Waals surface area contributed by atoms with Crippen LogP contribution < -0.4 is 0 Å². The van der Waals surface area contributed by atoms with Crippen molar-refractivity contribution in [3.63, 3.8) is 0 Å². The summed E-state index contributed by atoms with van der Waals surface area (Å²) in [6.07, 6.45) is 1.90. The van der Waals surface area contributed by atoms with Crippen LogP contribution in [-0.4, -0.2) is 39.1 Å². The first-order valence-corrected chi connectivity index (χ1v) is 8.34. The lowest BCUT2D eigenvalue weighted by atomic mass is 9.99. The Kier molecular flexibility index (Phi) is 2.99. The number of hydrogen-bond donors (Lipinski definition) is 2. The molecule has 3 aromatic rings. The van der Waals surface area contributed by atoms with E-state index >= 15 is 0 Å². The smallest absolute Gasteiger partial charge is 0.270 e. The van der Waals surface area contributed by atoms with Crippen LogP contribution in [0.3, 0.4) is 0 Å². The van der Waals surface area contributed by atoms with Crippen molar-refractivity contribution in [1.82, 2.24) is 20.1 Å². The Morgan fingerprint density at radius 1 is 1.33 bits per heavy atom. The Morgan fingerprint density at radius 2 is 2.21 bits per heavy atom. The van der Waals surface area contributed by atoms with Gasteiger partial charge in [-0.05, 0) is 12.1 Å². The number of nitrogens with zero attached hydrogens (tertiary/aromatic N) is 2. The van der Waals surface area contributed by atoms with Crippen molar-refractivity contribution in [2.24, 2.45) is 0 Å². The van der Waals surface area contributed by atoms with E-state index in [9.17, 15) is 4.79 Å². The summed E-state index contributed by atoms with van der Waals surface area (Å²) < 4.78 is 5.57. The topological polar surface area (TPSA) is 74.0 Å². The van der Waals surface area contributed by atoms with Gasteiger partial charge in [0.2, 0.25) is 0 Å². The minimum absolute atomic E-state index is 0.0403. The van der Waals surface area contributed by atoms with Gasteiger partial charge in [0, 0.05) is 48.1 Å². The third-order valence-electron chi connectivity index (χ3n) is 5.02. The summed E-state index contributed by atoms with van der Waals surface area (Å²) in [6, 6.07) is 9.88. The van der Waals surface area contributed by atoms with Crippen molar-refractivity contribution in [3.05, 3.63) is 53.0 Å². The van der Waals surface area contributed by atoms with Crippen molar-refractivity contribution >= 4 is 16.8 Å². The largest absolute Gasteiger partial charge is 0.372 e. The predicted molar refractivity (Wildman–Crippen MR) is 88.6 cm³/mol. The third-order valence-corrected chi connectivity index (χ3v) is 5.02. The molecule has 1 atom stereocenters. The number of aromatic nitrogens is 3. The molecule has 0 radical (unpaired) electrons. The molecule has 0 bridgehead atoms. The van der Waals surface area contributed by atoms with E-state index in [1.165, 1.54) is 0 Å². The molecule has 1 amide bonds. The quantitative estimate of drug-likeness (QED) is 0.761. The highest BCUT2D eigenvalue weighted by atomic mass is 16.5. The number of para-hydroxylation sites is 1. The Labute approximate surface area is 138 Å². The summed E-state index contributed by atoms with van der Waals surface area (Å²) in [7, 11) is 0. The molecule has 24 heavy (non-hydrogen) atoms. The molecule has 2 aliphatic heterocycles. The molecule has 0 aliphatic carbocycles. The number of benzene rings is 1. The van der Waals surface area contributed by atoms with Gasteiger partial charge in [0.05, 0.1) is 12.3 Å². The number of ether oxygens (including phenoxy) is 1. The van der Waals surface area contributed by atoms with E-state index in [1.807, 2.05) is 35.2 Å². The van der Waals surface area contributed by atoms with E-state index in [0.29, 0.717) is 18.8 Å². The Morgan fingerprint density at radius 3 is 3.00 bits per heavy atom. The number of rotatable bonds is 2. The average molecular weight is 322 g/mol. The molecule has 1 saturated heterocycles. The van der Waals surface area contributed by atoms with Gasteiger partial charge in [-0.2, -0.15) is 5.10 Å². The van der Waals surface area contributed by atoms with Crippen molar-refractivity contribution in [2.45, 2.75) is 25.5 Å². The van der Waals surface area contributed by atoms with Gasteiger partial charge in [-0.25, -0.2) is 0 Å². The number of hydrogen-bond acceptors (Lipinski definition) is 3. The van der Waals surface area contributed by atoms with Crippen LogP contribution in [0, 0.1) is 0 Å². The van der Waals surface area contributed by atoms with Gasteiger partial charge in [0.15, 0.2) is 0 Å². The molecule has 2 aliphatic rings. The predicted octanol–water partition coefficient (Wildman–Crippen LogP) is 2.55. The zero-order valence-corrected chi connectivity index (χ0v) is 13.2. The van der Waals surface area contributed by atoms with Crippen molar-refractivity contribution in [3.8, 4) is 0 Å². The fourth-order valence-corrected chi connectivity index (χ4v) is 3.57. The first-order valence-electron chi connectivity index (χ1n) is 8.34. The molecule has 122 valence electrons. The van der Waals surface area contributed by atoms with Gasteiger partial charge in [-0.3, -0.25) is 9.89 Å². The van der Waals surface area contributed by atoms with E-state index in [2.05, 4.69) is 15.2 Å². The molecule has 6 nitrogen and oxygen atoms in total. The molecule has 2 N–H and O–H groups in total. The highest BCUT2D eigenvalue weighted by Crippen LogP contribution is 2.33. The lowest BCUT2D eigenvalue weighted by Crippen LogP contribution is -2.36. The number of H-pyrrole nitrogens is 2. The van der Waals surface area contributed by atoms with Gasteiger partial charge in [-0.1, -0.05) is 18.2 Å². The number of aromatic amines is 2. The van der Waals surface area contributed by atoms with Crippen LogP contribution in [0.25, 0.3) is 10.9 Å². The molecule has 6 heteroatoms. The molecule has 2 aromatic heterocycles. The molecular weight excluding hydrogens is 304 g/mol. The van der Waals surface area contributed by atoms with Crippen LogP contribution in [0.15, 0.2) is 30.3 Å². The Bertz CT molecular complexity index is 889. The third kappa shape index (κ3) is 2.06. The van der Waals surface area contributed by atoms with Crippen LogP contribution in [-0.2, 0) is 17.7 Å². The summed E-state index contributed by atoms with van der Waals surface area (Å²) in [5.41, 5.74) is 4.89. The average Bonchev–Trinajstić information content (AvgIpc) is 3.16. The summed E-state index contributed by atoms with van der Waals surface area (Å²) in [6.45, 7) is 2.09. The molecule has 5 rings (SSSR count). The van der Waals surface area contributed by atoms with E-state index < -0.39 is 0 Å². The van der Waals surface area contributed by atoms with E-state index in [-0.39, 0.29) is 12.0 Å². The van der Waals surface area contributed by atoms with Gasteiger partial charge in [0.1, 0.15) is 11.8 Å². The molecule has 0 spiro atoms. The first kappa shape index (κ1) is 13.8. The standard InChI is InChI=1S/C18H18N4O2/c23-18(15-9-11-3-1-2-4-13(11)19-15)22-7-5-14-12(10-22)17(21-20-14)16-6-8-24-16/h1-4,9,16,19H,5-8,10H2,(H,20,21). The Balaban J connectivity index is 1.43. The highest BCUT2D eigenvalue weighted by molar-refractivity contribution is 5.98. The second-order valence-corrected chi connectivity index (χ2v) is 6.46. The maximum atomic E-state index is 12.9. The molecule has 1 aromatic carbocycles. The van der Waals surface area contributed by atoms with Crippen molar-refractivity contribution in [2.75, 3.05) is 13.2 Å². The van der Waals surface area contributed by atoms with Crippen LogP contribution >= 0.6 is 0 Å². The van der Waals surface area contributed by atoms with Gasteiger partial charge < -0.3 is 14.6 Å². The lowest BCUT2D eigenvalue weighted by molar-refractivity contribution is -0.0560. The fraction of sp³-hybridized carbons (Fsp3) is 0.333. The number of amides is 1. The zero-order valence-electron chi connectivity index (χ0n) is 13.2. The number of nitrogens with one attached hydrogen (secondary N) is 2. The number of fused-ring (bicyclic) bond motifs is 2. The summed E-state index contributed by atoms with van der Waals surface area (Å²) >= 11 is 0. The fourth-order valence-electron chi connectivity index (χ4n) is 3.57. The summed E-state index contributed by atoms with van der Waals surface area (Å²) in [5.74, 6) is 0.0403. The van der Waals surface area contributed by atoms with E-state index in [0.717, 1.165) is 47.3 Å². The molecule has 1 unspecified atom stereocenters. The van der Waals surface area contributed by atoms with E-state index in [1.54, 1.807) is 0 Å². The van der Waals surface area contributed by atoms with Crippen LogP contribution in [0.1, 0.15) is 40.0 Å². The monoisotopic (exact) mass is 322 g/mol. The minimum atomic E-state index is 0.0403. The van der Waals surface area contributed by atoms with E-state index in [4.69, 9.17) is 4.74 Å². The van der Waals surface area contributed by atoms with Crippen LogP contribution in [0.4, 0.5) is 0 Å². The van der Waals surface area contributed by atoms with Crippen LogP contribution in [0.2, 0.25) is 0 Å². The van der Waals surface area contributed by atoms with Gasteiger partial charge in [0.25, 0.3) is 5.91 Å². The number of carbonyl (C=O) groups is 1. The summed E-state index contributed by atoms with van der Waals surface area (Å²) in [4.78, 5) is 18.0. The molecule has 0 saturated carbocycles. The van der Waals surface area contributed by atoms with Crippen LogP contribution in [0.5, 0.6) is 0 Å². The number of carbonyl (C=O) groups excluding carboxylic acids is 1. The molecule has 4 heterocycles. The van der Waals surface area contributed by atoms with Crippen molar-refractivity contribution < 1.29 is 9.53 Å². The van der Waals surface area contributed by atoms with Gasteiger partial charge >= 0.3 is 0 Å². The highest BCUT2D eigenvalue weighted by Gasteiger charge is 2.32. The second kappa shape index (κ2) is 5.21. The first-order chi connectivity index (χ1) is 11.8. The minimum Gasteiger partial charge on any atom is -0.372 e. The Hall–Kier alpha value is -2.60. The summed E-state index contributed by atoms with van der Waals surface area (Å²) in [5, 5.41) is 8.61. The molecular formula is C18H18N4O2. The normalized spacial score (nSPS) is 20.0. The maximum Gasteiger partial charge on any atom is 0.270 e. The maximum absolute atomic E-state index is 12.9. The van der Waals surface area contributed by atoms with Gasteiger partial charge in [-0.15, -0.1) is 0 Å².